The highest BCUT2D eigenvalue weighted by Crippen LogP contribution is 2.10. The molecule has 112 valence electrons. The molecule has 1 amide bonds. The average molecular weight is 298 g/mol. The van der Waals surface area contributed by atoms with Gasteiger partial charge < -0.3 is 9.84 Å². The molecule has 2 aromatic carbocycles. The van der Waals surface area contributed by atoms with E-state index in [0.717, 1.165) is 0 Å². The van der Waals surface area contributed by atoms with Gasteiger partial charge in [0.1, 0.15) is 5.75 Å². The van der Waals surface area contributed by atoms with Gasteiger partial charge in [0, 0.05) is 5.56 Å². The van der Waals surface area contributed by atoms with Gasteiger partial charge >= 0.3 is 5.97 Å². The van der Waals surface area contributed by atoms with Crippen LogP contribution in [0, 0.1) is 0 Å². The second-order valence-electron chi connectivity index (χ2n) is 4.36. The molecule has 22 heavy (non-hydrogen) atoms. The number of aromatic hydroxyl groups is 1. The number of amides is 1. The van der Waals surface area contributed by atoms with Crippen molar-refractivity contribution in [3.63, 3.8) is 0 Å². The fourth-order valence-corrected chi connectivity index (χ4v) is 1.70. The van der Waals surface area contributed by atoms with E-state index in [9.17, 15) is 14.7 Å². The van der Waals surface area contributed by atoms with E-state index in [-0.39, 0.29) is 5.75 Å². The normalized spacial score (nSPS) is 10.4. The lowest BCUT2D eigenvalue weighted by Crippen LogP contribution is -2.17. The SMILES string of the molecule is COC(=O)c1ccc(/C=N\NC(=O)c2cccc(O)c2)cc1. The number of carbonyl (C=O) groups is 2. The van der Waals surface area contributed by atoms with Crippen LogP contribution < -0.4 is 5.43 Å². The number of nitrogens with zero attached hydrogens (tertiary/aromatic N) is 1. The van der Waals surface area contributed by atoms with E-state index in [0.29, 0.717) is 16.7 Å². The molecule has 0 aliphatic rings. The number of carbonyl (C=O) groups excluding carboxylic acids is 2. The predicted molar refractivity (Wildman–Crippen MR) is 80.9 cm³/mol. The zero-order chi connectivity index (χ0) is 15.9. The number of hydrogen-bond donors (Lipinski definition) is 2. The zero-order valence-electron chi connectivity index (χ0n) is 11.8. The number of phenolic OH excluding ortho intramolecular Hbond substituents is 1. The van der Waals surface area contributed by atoms with Gasteiger partial charge in [0.15, 0.2) is 0 Å². The number of rotatable bonds is 4. The smallest absolute Gasteiger partial charge is 0.337 e. The fourth-order valence-electron chi connectivity index (χ4n) is 1.70. The van der Waals surface area contributed by atoms with Gasteiger partial charge in [0.25, 0.3) is 5.91 Å². The highest BCUT2D eigenvalue weighted by molar-refractivity contribution is 5.95. The molecule has 2 aromatic rings. The number of benzene rings is 2. The first-order valence-electron chi connectivity index (χ1n) is 6.41. The second-order valence-corrected chi connectivity index (χ2v) is 4.36. The number of ether oxygens (including phenoxy) is 1. The molecule has 0 spiro atoms. The molecule has 0 atom stereocenters. The van der Waals surface area contributed by atoms with Crippen molar-refractivity contribution in [1.29, 1.82) is 0 Å². The molecule has 0 heterocycles. The largest absolute Gasteiger partial charge is 0.508 e. The molecular weight excluding hydrogens is 284 g/mol. The molecule has 0 radical (unpaired) electrons. The standard InChI is InChI=1S/C16H14N2O4/c1-22-16(21)12-7-5-11(6-8-12)10-17-18-15(20)13-3-2-4-14(19)9-13/h2-10,19H,1H3,(H,18,20)/b17-10-. The summed E-state index contributed by atoms with van der Waals surface area (Å²) in [7, 11) is 1.31. The number of hydrogen-bond acceptors (Lipinski definition) is 5. The number of hydrazone groups is 1. The van der Waals surface area contributed by atoms with E-state index in [1.165, 1.54) is 25.5 Å². The Hall–Kier alpha value is -3.15. The fraction of sp³-hybridized carbons (Fsp3) is 0.0625. The van der Waals surface area contributed by atoms with Crippen LogP contribution in [-0.2, 0) is 4.74 Å². The average Bonchev–Trinajstić information content (AvgIpc) is 2.54. The van der Waals surface area contributed by atoms with Crippen LogP contribution in [0.25, 0.3) is 0 Å². The quantitative estimate of drug-likeness (QED) is 0.513. The first-order chi connectivity index (χ1) is 10.6. The molecule has 2 rings (SSSR count). The number of phenols is 1. The van der Waals surface area contributed by atoms with Crippen molar-refractivity contribution in [3.05, 3.63) is 65.2 Å². The summed E-state index contributed by atoms with van der Waals surface area (Å²) in [4.78, 5) is 23.1. The maximum atomic E-state index is 11.8. The van der Waals surface area contributed by atoms with Gasteiger partial charge in [-0.3, -0.25) is 4.79 Å². The molecule has 0 aliphatic carbocycles. The summed E-state index contributed by atoms with van der Waals surface area (Å²) in [5.74, 6) is -0.839. The van der Waals surface area contributed by atoms with E-state index in [4.69, 9.17) is 0 Å². The molecule has 0 fully saturated rings. The zero-order valence-corrected chi connectivity index (χ0v) is 11.8. The van der Waals surface area contributed by atoms with Gasteiger partial charge in [-0.05, 0) is 35.9 Å². The van der Waals surface area contributed by atoms with E-state index in [1.807, 2.05) is 0 Å². The number of methoxy groups -OCH3 is 1. The van der Waals surface area contributed by atoms with Crippen LogP contribution in [0.2, 0.25) is 0 Å². The van der Waals surface area contributed by atoms with Crippen LogP contribution in [0.1, 0.15) is 26.3 Å². The second kappa shape index (κ2) is 7.03. The molecule has 0 bridgehead atoms. The van der Waals surface area contributed by atoms with Crippen molar-refractivity contribution < 1.29 is 19.4 Å². The maximum absolute atomic E-state index is 11.8. The Morgan fingerprint density at radius 1 is 1.14 bits per heavy atom. The summed E-state index contributed by atoms with van der Waals surface area (Å²) in [6.07, 6.45) is 1.45. The van der Waals surface area contributed by atoms with E-state index in [2.05, 4.69) is 15.3 Å². The van der Waals surface area contributed by atoms with E-state index in [1.54, 1.807) is 36.4 Å². The third-order valence-corrected chi connectivity index (χ3v) is 2.82. The minimum atomic E-state index is -0.432. The van der Waals surface area contributed by atoms with Crippen molar-refractivity contribution in [2.24, 2.45) is 5.10 Å². The summed E-state index contributed by atoms with van der Waals surface area (Å²) >= 11 is 0. The van der Waals surface area contributed by atoms with Gasteiger partial charge in [0.2, 0.25) is 0 Å². The highest BCUT2D eigenvalue weighted by Gasteiger charge is 2.05. The third-order valence-electron chi connectivity index (χ3n) is 2.82. The van der Waals surface area contributed by atoms with Crippen LogP contribution in [-0.4, -0.2) is 30.3 Å². The molecule has 2 N–H and O–H groups in total. The third kappa shape index (κ3) is 3.92. The Balaban J connectivity index is 1.97. The summed E-state index contributed by atoms with van der Waals surface area (Å²) in [5, 5.41) is 13.1. The molecule has 6 heteroatoms. The van der Waals surface area contributed by atoms with Crippen molar-refractivity contribution >= 4 is 18.1 Å². The van der Waals surface area contributed by atoms with Crippen molar-refractivity contribution in [2.45, 2.75) is 0 Å². The van der Waals surface area contributed by atoms with Crippen molar-refractivity contribution in [1.82, 2.24) is 5.43 Å². The molecule has 0 aliphatic heterocycles. The van der Waals surface area contributed by atoms with E-state index >= 15 is 0 Å². The summed E-state index contributed by atoms with van der Waals surface area (Å²) < 4.78 is 4.60. The van der Waals surface area contributed by atoms with Gasteiger partial charge in [-0.2, -0.15) is 5.10 Å². The Labute approximate surface area is 127 Å². The minimum Gasteiger partial charge on any atom is -0.508 e. The monoisotopic (exact) mass is 298 g/mol. The summed E-state index contributed by atoms with van der Waals surface area (Å²) in [5.41, 5.74) is 3.80. The van der Waals surface area contributed by atoms with Gasteiger partial charge in [-0.25, -0.2) is 10.2 Å². The Kier molecular flexibility index (Phi) is 4.87. The maximum Gasteiger partial charge on any atom is 0.337 e. The predicted octanol–water partition coefficient (Wildman–Crippen LogP) is 1.94. The minimum absolute atomic E-state index is 0.00929. The molecule has 0 saturated heterocycles. The number of nitrogens with one attached hydrogen (secondary N) is 1. The van der Waals surface area contributed by atoms with Gasteiger partial charge in [-0.1, -0.05) is 18.2 Å². The Bertz CT molecular complexity index is 708. The van der Waals surface area contributed by atoms with E-state index < -0.39 is 11.9 Å². The van der Waals surface area contributed by atoms with Gasteiger partial charge in [-0.15, -0.1) is 0 Å². The van der Waals surface area contributed by atoms with Crippen LogP contribution in [0.4, 0.5) is 0 Å². The molecule has 0 unspecified atom stereocenters. The van der Waals surface area contributed by atoms with Crippen LogP contribution in [0.5, 0.6) is 5.75 Å². The summed E-state index contributed by atoms with van der Waals surface area (Å²) in [6, 6.07) is 12.5. The lowest BCUT2D eigenvalue weighted by atomic mass is 10.1. The molecule has 0 saturated carbocycles. The molecule has 0 aromatic heterocycles. The van der Waals surface area contributed by atoms with Crippen LogP contribution in [0.3, 0.4) is 0 Å². The van der Waals surface area contributed by atoms with Crippen LogP contribution in [0.15, 0.2) is 53.6 Å². The first kappa shape index (κ1) is 15.2. The number of esters is 1. The lowest BCUT2D eigenvalue weighted by molar-refractivity contribution is 0.0600. The Morgan fingerprint density at radius 2 is 1.86 bits per heavy atom. The van der Waals surface area contributed by atoms with Gasteiger partial charge in [0.05, 0.1) is 18.9 Å². The topological polar surface area (TPSA) is 88.0 Å². The Morgan fingerprint density at radius 3 is 2.50 bits per heavy atom. The van der Waals surface area contributed by atoms with Crippen molar-refractivity contribution in [2.75, 3.05) is 7.11 Å². The highest BCUT2D eigenvalue weighted by atomic mass is 16.5. The lowest BCUT2D eigenvalue weighted by Gasteiger charge is -2.01. The van der Waals surface area contributed by atoms with Crippen molar-refractivity contribution in [3.8, 4) is 5.75 Å². The first-order valence-corrected chi connectivity index (χ1v) is 6.41. The van der Waals surface area contributed by atoms with Crippen LogP contribution >= 0.6 is 0 Å². The summed E-state index contributed by atoms with van der Waals surface area (Å²) in [6.45, 7) is 0. The molecular formula is C16H14N2O4. The molecule has 6 nitrogen and oxygen atoms in total.